The first-order valence-corrected chi connectivity index (χ1v) is 9.57. The van der Waals surface area contributed by atoms with E-state index in [2.05, 4.69) is 17.0 Å². The third-order valence-electron chi connectivity index (χ3n) is 3.75. The van der Waals surface area contributed by atoms with E-state index in [0.717, 1.165) is 32.7 Å². The maximum Gasteiger partial charge on any atom is 0.324 e. The van der Waals surface area contributed by atoms with Gasteiger partial charge in [-0.2, -0.15) is 4.99 Å². The molecule has 27 heavy (non-hydrogen) atoms. The first-order valence-electron chi connectivity index (χ1n) is 7.94. The van der Waals surface area contributed by atoms with Crippen molar-refractivity contribution in [2.75, 3.05) is 0 Å². The number of rotatable bonds is 4. The number of thiophene rings is 1. The van der Waals surface area contributed by atoms with Crippen molar-refractivity contribution in [1.29, 1.82) is 0 Å². The van der Waals surface area contributed by atoms with Crippen LogP contribution in [0.15, 0.2) is 35.3 Å². The molecule has 0 radical (unpaired) electrons. The Labute approximate surface area is 163 Å². The monoisotopic (exact) mass is 397 g/mol. The van der Waals surface area contributed by atoms with E-state index in [1.165, 1.54) is 29.6 Å². The molecule has 0 spiro atoms. The number of terminal acetylenes is 1. The Kier molecular flexibility index (Phi) is 5.35. The Balaban J connectivity index is 1.99. The van der Waals surface area contributed by atoms with Crippen LogP contribution in [0.1, 0.15) is 16.0 Å². The lowest BCUT2D eigenvalue weighted by atomic mass is 10.1. The Bertz CT molecular complexity index is 1190. The number of hydrogen-bond acceptors (Lipinski definition) is 5. The van der Waals surface area contributed by atoms with Crippen molar-refractivity contribution in [2.45, 2.75) is 20.4 Å². The summed E-state index contributed by atoms with van der Waals surface area (Å²) in [5.41, 5.74) is 3.19. The number of amides is 1. The first kappa shape index (κ1) is 18.8. The van der Waals surface area contributed by atoms with Crippen molar-refractivity contribution < 1.29 is 9.72 Å². The fourth-order valence-corrected chi connectivity index (χ4v) is 4.67. The number of thiazole rings is 1. The van der Waals surface area contributed by atoms with E-state index in [1.807, 2.05) is 24.5 Å². The van der Waals surface area contributed by atoms with E-state index in [0.29, 0.717) is 16.2 Å². The zero-order valence-electron chi connectivity index (χ0n) is 14.6. The molecule has 3 aromatic rings. The lowest BCUT2D eigenvalue weighted by molar-refractivity contribution is -0.380. The van der Waals surface area contributed by atoms with Crippen LogP contribution in [0.5, 0.6) is 0 Å². The normalized spacial score (nSPS) is 12.0. The Morgan fingerprint density at radius 3 is 2.81 bits per heavy atom. The molecule has 0 aliphatic heterocycles. The largest absolute Gasteiger partial charge is 0.324 e. The number of aryl methyl sites for hydroxylation is 2. The van der Waals surface area contributed by atoms with E-state index in [9.17, 15) is 14.9 Å². The summed E-state index contributed by atoms with van der Waals surface area (Å²) in [6.07, 6.45) is 8.32. The van der Waals surface area contributed by atoms with Gasteiger partial charge < -0.3 is 4.57 Å². The van der Waals surface area contributed by atoms with Crippen LogP contribution in [-0.2, 0) is 11.3 Å². The van der Waals surface area contributed by atoms with Gasteiger partial charge in [-0.15, -0.1) is 6.42 Å². The van der Waals surface area contributed by atoms with Gasteiger partial charge in [0.25, 0.3) is 5.91 Å². The van der Waals surface area contributed by atoms with Crippen molar-refractivity contribution >= 4 is 49.9 Å². The van der Waals surface area contributed by atoms with Crippen LogP contribution in [0.2, 0.25) is 0 Å². The fraction of sp³-hybridized carbons (Fsp3) is 0.158. The molecule has 1 amide bonds. The molecule has 8 heteroatoms. The van der Waals surface area contributed by atoms with Crippen LogP contribution in [0.25, 0.3) is 16.3 Å². The lowest BCUT2D eigenvalue weighted by Crippen LogP contribution is -2.16. The Hall–Kier alpha value is -3.02. The summed E-state index contributed by atoms with van der Waals surface area (Å²) < 4.78 is 2.88. The average Bonchev–Trinajstić information content (AvgIpc) is 3.19. The molecule has 0 fully saturated rings. The molecule has 0 saturated carbocycles. The van der Waals surface area contributed by atoms with Gasteiger partial charge in [-0.05, 0) is 43.2 Å². The number of nitro groups is 1. The number of nitrogens with zero attached hydrogens (tertiary/aromatic N) is 3. The van der Waals surface area contributed by atoms with Crippen LogP contribution in [0, 0.1) is 36.3 Å². The number of aromatic nitrogens is 1. The molecule has 0 aliphatic rings. The maximum absolute atomic E-state index is 12.3. The zero-order valence-corrected chi connectivity index (χ0v) is 16.3. The van der Waals surface area contributed by atoms with Crippen LogP contribution in [0.3, 0.4) is 0 Å². The number of hydrogen-bond donors (Lipinski definition) is 0. The SMILES string of the molecule is C#CCn1c(=NC(=O)/C=C/c2ccc([N+](=O)[O-])s2)sc2cc(C)cc(C)c21. The molecule has 1 aromatic carbocycles. The summed E-state index contributed by atoms with van der Waals surface area (Å²) in [6, 6.07) is 7.11. The zero-order chi connectivity index (χ0) is 19.6. The standard InChI is InChI=1S/C19H15N3O3S2/c1-4-9-21-18-13(3)10-12(2)11-15(18)27-19(21)20-16(23)7-5-14-6-8-17(26-14)22(24)25/h1,5-8,10-11H,9H2,2-3H3/b7-5+,20-19?. The molecule has 0 unspecified atom stereocenters. The first-order chi connectivity index (χ1) is 12.9. The minimum atomic E-state index is -0.460. The summed E-state index contributed by atoms with van der Waals surface area (Å²) in [7, 11) is 0. The highest BCUT2D eigenvalue weighted by Crippen LogP contribution is 2.25. The maximum atomic E-state index is 12.3. The Morgan fingerprint density at radius 1 is 1.37 bits per heavy atom. The fourth-order valence-electron chi connectivity index (χ4n) is 2.73. The summed E-state index contributed by atoms with van der Waals surface area (Å²) in [5.74, 6) is 2.16. The second-order valence-corrected chi connectivity index (χ2v) is 7.92. The van der Waals surface area contributed by atoms with Crippen LogP contribution in [0.4, 0.5) is 5.00 Å². The number of fused-ring (bicyclic) bond motifs is 1. The molecular formula is C19H15N3O3S2. The van der Waals surface area contributed by atoms with Crippen molar-refractivity contribution in [2.24, 2.45) is 4.99 Å². The highest BCUT2D eigenvalue weighted by molar-refractivity contribution is 7.16. The van der Waals surface area contributed by atoms with E-state index in [4.69, 9.17) is 6.42 Å². The van der Waals surface area contributed by atoms with E-state index in [-0.39, 0.29) is 5.00 Å². The van der Waals surface area contributed by atoms with E-state index < -0.39 is 10.8 Å². The molecular weight excluding hydrogens is 382 g/mol. The summed E-state index contributed by atoms with van der Waals surface area (Å²) >= 11 is 2.41. The molecule has 0 bridgehead atoms. The van der Waals surface area contributed by atoms with Crippen LogP contribution >= 0.6 is 22.7 Å². The third kappa shape index (κ3) is 4.05. The Morgan fingerprint density at radius 2 is 2.15 bits per heavy atom. The molecule has 0 atom stereocenters. The molecule has 2 heterocycles. The van der Waals surface area contributed by atoms with Crippen molar-refractivity contribution in [3.05, 3.63) is 61.3 Å². The van der Waals surface area contributed by atoms with Gasteiger partial charge in [0.1, 0.15) is 0 Å². The molecule has 0 N–H and O–H groups in total. The summed E-state index contributed by atoms with van der Waals surface area (Å²) in [6.45, 7) is 4.34. The topological polar surface area (TPSA) is 77.5 Å². The van der Waals surface area contributed by atoms with E-state index in [1.54, 1.807) is 6.07 Å². The molecule has 6 nitrogen and oxygen atoms in total. The second kappa shape index (κ2) is 7.70. The lowest BCUT2D eigenvalue weighted by Gasteiger charge is -2.04. The average molecular weight is 397 g/mol. The predicted octanol–water partition coefficient (Wildman–Crippen LogP) is 4.06. The van der Waals surface area contributed by atoms with Gasteiger partial charge >= 0.3 is 5.00 Å². The highest BCUT2D eigenvalue weighted by Gasteiger charge is 2.10. The minimum Gasteiger partial charge on any atom is -0.304 e. The van der Waals surface area contributed by atoms with Gasteiger partial charge in [0, 0.05) is 17.0 Å². The molecule has 136 valence electrons. The van der Waals surface area contributed by atoms with Gasteiger partial charge in [0.05, 0.1) is 21.7 Å². The molecule has 3 rings (SSSR count). The summed E-state index contributed by atoms with van der Waals surface area (Å²) in [5, 5.41) is 10.7. The number of benzene rings is 1. The van der Waals surface area contributed by atoms with Crippen molar-refractivity contribution in [3.8, 4) is 12.3 Å². The minimum absolute atomic E-state index is 0.0289. The number of carbonyl (C=O) groups is 1. The summed E-state index contributed by atoms with van der Waals surface area (Å²) in [4.78, 5) is 27.8. The highest BCUT2D eigenvalue weighted by atomic mass is 32.1. The molecule has 0 aliphatic carbocycles. The second-order valence-electron chi connectivity index (χ2n) is 5.82. The van der Waals surface area contributed by atoms with Gasteiger partial charge in [0.2, 0.25) is 0 Å². The number of carbonyl (C=O) groups excluding carboxylic acids is 1. The van der Waals surface area contributed by atoms with Gasteiger partial charge in [-0.3, -0.25) is 14.9 Å². The van der Waals surface area contributed by atoms with Gasteiger partial charge in [-0.1, -0.05) is 34.7 Å². The quantitative estimate of drug-likeness (QED) is 0.288. The van der Waals surface area contributed by atoms with Crippen molar-refractivity contribution in [1.82, 2.24) is 4.57 Å². The predicted molar refractivity (Wildman–Crippen MR) is 109 cm³/mol. The molecule has 2 aromatic heterocycles. The van der Waals surface area contributed by atoms with Crippen LogP contribution in [-0.4, -0.2) is 15.4 Å². The van der Waals surface area contributed by atoms with Gasteiger partial charge in [-0.25, -0.2) is 0 Å². The smallest absolute Gasteiger partial charge is 0.304 e. The van der Waals surface area contributed by atoms with Gasteiger partial charge in [0.15, 0.2) is 4.80 Å². The third-order valence-corrected chi connectivity index (χ3v) is 5.78. The molecule has 0 saturated heterocycles. The van der Waals surface area contributed by atoms with Crippen LogP contribution < -0.4 is 4.80 Å². The van der Waals surface area contributed by atoms with E-state index >= 15 is 0 Å². The van der Waals surface area contributed by atoms with Crippen molar-refractivity contribution in [3.63, 3.8) is 0 Å².